The van der Waals surface area contributed by atoms with E-state index in [1.807, 2.05) is 68.0 Å². The molecule has 0 spiro atoms. The van der Waals surface area contributed by atoms with Gasteiger partial charge in [-0.25, -0.2) is 0 Å². The van der Waals surface area contributed by atoms with Crippen LogP contribution in [0.4, 0.5) is 0 Å². The van der Waals surface area contributed by atoms with Gasteiger partial charge in [-0.1, -0.05) is 0 Å². The number of fused-ring (bicyclic) bond motifs is 3. The molecular weight excluding hydrogens is 757 g/mol. The van der Waals surface area contributed by atoms with E-state index in [2.05, 4.69) is 106 Å². The molecular formula is C42H36N2S7. The normalized spacial score (nSPS) is 12.1. The van der Waals surface area contributed by atoms with Gasteiger partial charge in [0.05, 0.1) is 11.7 Å². The third kappa shape index (κ3) is 5.22. The fourth-order valence-electron chi connectivity index (χ4n) is 7.63. The Morgan fingerprint density at radius 2 is 0.882 bits per heavy atom. The summed E-state index contributed by atoms with van der Waals surface area (Å²) in [6.45, 7) is 22.6. The summed E-state index contributed by atoms with van der Waals surface area (Å²) in [6, 6.07) is 14.4. The fourth-order valence-corrected chi connectivity index (χ4v) is 15.4. The van der Waals surface area contributed by atoms with Crippen molar-refractivity contribution in [1.82, 2.24) is 8.75 Å². The van der Waals surface area contributed by atoms with Gasteiger partial charge in [0.15, 0.2) is 0 Å². The second-order valence-corrected chi connectivity index (χ2v) is 21.5. The zero-order chi connectivity index (χ0) is 35.6. The van der Waals surface area contributed by atoms with Crippen molar-refractivity contribution in [2.24, 2.45) is 0 Å². The number of hydrogen-bond acceptors (Lipinski definition) is 9. The number of hydrogen-bond donors (Lipinski definition) is 0. The Morgan fingerprint density at radius 3 is 1.41 bits per heavy atom. The lowest BCUT2D eigenvalue weighted by molar-refractivity contribution is 1.36. The van der Waals surface area contributed by atoms with E-state index < -0.39 is 0 Å². The van der Waals surface area contributed by atoms with Crippen LogP contribution < -0.4 is 0 Å². The van der Waals surface area contributed by atoms with Gasteiger partial charge in [-0.05, 0) is 139 Å². The molecule has 7 aromatic heterocycles. The van der Waals surface area contributed by atoms with Gasteiger partial charge >= 0.3 is 0 Å². The standard InChI is InChI=1S/C42H36N2S7/c1-17-13-29(48-26(17)10)32-24(8)25(9)33(37-36(32)43-51-44-37)30-14-20(4)38(49-30)31-16-28-35(40-19(3)12-22(6)46-40)41-27(15-23(7)47-41)34(42(28)50-31)39-18(2)11-21(5)45-39/h11-16H,1-10H3. The highest BCUT2D eigenvalue weighted by atomic mass is 32.1. The van der Waals surface area contributed by atoms with Crippen LogP contribution in [0.2, 0.25) is 0 Å². The van der Waals surface area contributed by atoms with E-state index in [0.29, 0.717) is 0 Å². The monoisotopic (exact) mass is 792 g/mol. The van der Waals surface area contributed by atoms with Gasteiger partial charge in [0.25, 0.3) is 0 Å². The lowest BCUT2D eigenvalue weighted by Gasteiger charge is -2.13. The average molecular weight is 793 g/mol. The van der Waals surface area contributed by atoms with Crippen LogP contribution in [-0.4, -0.2) is 8.75 Å². The molecule has 9 aromatic rings. The Labute approximate surface area is 327 Å². The maximum absolute atomic E-state index is 4.95. The van der Waals surface area contributed by atoms with E-state index in [9.17, 15) is 0 Å². The fraction of sp³-hybridized carbons (Fsp3) is 0.238. The van der Waals surface area contributed by atoms with E-state index >= 15 is 0 Å². The van der Waals surface area contributed by atoms with Gasteiger partial charge in [0.1, 0.15) is 11.0 Å². The first kappa shape index (κ1) is 33.8. The largest absolute Gasteiger partial charge is 0.172 e. The molecule has 0 aliphatic heterocycles. The highest BCUT2D eigenvalue weighted by Crippen LogP contribution is 2.55. The quantitative estimate of drug-likeness (QED) is 0.173. The van der Waals surface area contributed by atoms with Crippen LogP contribution in [0.3, 0.4) is 0 Å². The first-order valence-corrected chi connectivity index (χ1v) is 22.6. The van der Waals surface area contributed by atoms with Crippen molar-refractivity contribution in [2.75, 3.05) is 0 Å². The van der Waals surface area contributed by atoms with E-state index in [4.69, 9.17) is 8.75 Å². The van der Waals surface area contributed by atoms with Crippen molar-refractivity contribution in [3.63, 3.8) is 0 Å². The molecule has 0 aliphatic rings. The summed E-state index contributed by atoms with van der Waals surface area (Å²) in [5, 5.41) is 2.78. The van der Waals surface area contributed by atoms with Gasteiger partial charge in [-0.3, -0.25) is 0 Å². The van der Waals surface area contributed by atoms with Gasteiger partial charge < -0.3 is 0 Å². The Balaban J connectivity index is 1.30. The maximum Gasteiger partial charge on any atom is 0.114 e. The Bertz CT molecular complexity index is 2750. The van der Waals surface area contributed by atoms with E-state index in [-0.39, 0.29) is 0 Å². The first-order valence-electron chi connectivity index (χ1n) is 17.0. The van der Waals surface area contributed by atoms with Crippen LogP contribution in [0.5, 0.6) is 0 Å². The van der Waals surface area contributed by atoms with E-state index in [1.54, 1.807) is 0 Å². The van der Waals surface area contributed by atoms with Crippen LogP contribution in [-0.2, 0) is 0 Å². The van der Waals surface area contributed by atoms with Gasteiger partial charge in [-0.2, -0.15) is 8.75 Å². The highest BCUT2D eigenvalue weighted by molar-refractivity contribution is 7.28. The SMILES string of the molecule is Cc1cc(C)c(-c2c3cc(-c4sc(-c5c(C)c(C)c(-c6cc(C)c(C)s6)c6nsnc56)cc4C)sc3c(-c3sc(C)cc3C)c3cc(C)sc23)s1. The molecule has 7 heterocycles. The number of benzene rings is 2. The summed E-state index contributed by atoms with van der Waals surface area (Å²) in [5.41, 5.74) is 15.3. The minimum atomic E-state index is 1.03. The Kier molecular flexibility index (Phi) is 8.13. The van der Waals surface area contributed by atoms with Crippen LogP contribution in [0.1, 0.15) is 52.9 Å². The van der Waals surface area contributed by atoms with Gasteiger partial charge in [0.2, 0.25) is 0 Å². The number of aromatic nitrogens is 2. The van der Waals surface area contributed by atoms with Crippen LogP contribution >= 0.6 is 79.7 Å². The molecule has 0 aliphatic carbocycles. The lowest BCUT2D eigenvalue weighted by Crippen LogP contribution is -1.93. The van der Waals surface area contributed by atoms with Crippen molar-refractivity contribution >= 4 is 111 Å². The molecule has 2 nitrogen and oxygen atoms in total. The van der Waals surface area contributed by atoms with Crippen LogP contribution in [0.15, 0.2) is 36.4 Å². The molecule has 9 heteroatoms. The van der Waals surface area contributed by atoms with Gasteiger partial charge in [0, 0.05) is 91.2 Å². The molecule has 0 saturated carbocycles. The molecule has 256 valence electrons. The molecule has 0 saturated heterocycles. The zero-order valence-electron chi connectivity index (χ0n) is 30.2. The summed E-state index contributed by atoms with van der Waals surface area (Å²) in [5.74, 6) is 0. The minimum Gasteiger partial charge on any atom is -0.172 e. The van der Waals surface area contributed by atoms with E-state index in [0.717, 1.165) is 11.0 Å². The van der Waals surface area contributed by atoms with Gasteiger partial charge in [-0.15, -0.1) is 68.0 Å². The number of rotatable bonds is 5. The molecule has 0 bridgehead atoms. The molecule has 0 unspecified atom stereocenters. The second-order valence-electron chi connectivity index (χ2n) is 13.9. The third-order valence-corrected chi connectivity index (χ3v) is 17.9. The van der Waals surface area contributed by atoms with Crippen LogP contribution in [0, 0.1) is 69.2 Å². The molecule has 2 aromatic carbocycles. The first-order chi connectivity index (χ1) is 24.4. The van der Waals surface area contributed by atoms with Crippen molar-refractivity contribution in [3.8, 4) is 51.5 Å². The van der Waals surface area contributed by atoms with Crippen LogP contribution in [0.25, 0.3) is 82.7 Å². The van der Waals surface area contributed by atoms with Crippen molar-refractivity contribution in [1.29, 1.82) is 0 Å². The maximum atomic E-state index is 4.95. The Hall–Kier alpha value is -3.02. The summed E-state index contributed by atoms with van der Waals surface area (Å²) >= 11 is 12.9. The summed E-state index contributed by atoms with van der Waals surface area (Å²) in [4.78, 5) is 13.5. The number of aryl methyl sites for hydroxylation is 8. The molecule has 0 atom stereocenters. The lowest BCUT2D eigenvalue weighted by atomic mass is 9.93. The zero-order valence-corrected chi connectivity index (χ0v) is 35.9. The molecule has 0 radical (unpaired) electrons. The Morgan fingerprint density at radius 1 is 0.392 bits per heavy atom. The molecule has 51 heavy (non-hydrogen) atoms. The predicted octanol–water partition coefficient (Wildman–Crippen LogP) is 15.8. The third-order valence-electron chi connectivity index (χ3n) is 10.2. The van der Waals surface area contributed by atoms with Crippen molar-refractivity contribution in [2.45, 2.75) is 69.2 Å². The second kappa shape index (κ2) is 12.3. The topological polar surface area (TPSA) is 25.8 Å². The molecule has 0 fully saturated rings. The molecule has 0 amide bonds. The highest BCUT2D eigenvalue weighted by Gasteiger charge is 2.27. The predicted molar refractivity (Wildman–Crippen MR) is 234 cm³/mol. The average Bonchev–Trinajstić information content (AvgIpc) is 3.93. The summed E-state index contributed by atoms with van der Waals surface area (Å²) in [7, 11) is 0. The number of thiophene rings is 6. The summed E-state index contributed by atoms with van der Waals surface area (Å²) in [6.07, 6.45) is 0. The molecule has 0 N–H and O–H groups in total. The van der Waals surface area contributed by atoms with Crippen molar-refractivity contribution in [3.05, 3.63) is 89.3 Å². The van der Waals surface area contributed by atoms with E-state index in [1.165, 1.54) is 136 Å². The minimum absolute atomic E-state index is 1.03. The summed E-state index contributed by atoms with van der Waals surface area (Å²) < 4.78 is 12.7. The molecule has 9 rings (SSSR count). The van der Waals surface area contributed by atoms with Crippen molar-refractivity contribution < 1.29 is 0 Å². The smallest absolute Gasteiger partial charge is 0.114 e. The number of nitrogens with zero attached hydrogens (tertiary/aromatic N) is 2.